The molecule has 4 nitrogen and oxygen atoms in total. The molecule has 1 aliphatic heterocycles. The number of benzene rings is 1. The minimum absolute atomic E-state index is 0.0247. The van der Waals surface area contributed by atoms with Crippen molar-refractivity contribution >= 4 is 23.2 Å². The van der Waals surface area contributed by atoms with Gasteiger partial charge in [0.15, 0.2) is 0 Å². The largest absolute Gasteiger partial charge is 0.506 e. The lowest BCUT2D eigenvalue weighted by molar-refractivity contribution is -0.121. The Bertz CT molecular complexity index is 474. The van der Waals surface area contributed by atoms with E-state index in [0.29, 0.717) is 29.2 Å². The van der Waals surface area contributed by atoms with Gasteiger partial charge < -0.3 is 15.7 Å². The van der Waals surface area contributed by atoms with Crippen LogP contribution >= 0.6 is 11.6 Å². The summed E-state index contributed by atoms with van der Waals surface area (Å²) in [5, 5.41) is 16.0. The number of piperidine rings is 1. The Morgan fingerprint density at radius 2 is 2.29 bits per heavy atom. The van der Waals surface area contributed by atoms with Crippen LogP contribution in [0.4, 0.5) is 5.69 Å². The number of rotatable bonds is 2. The first-order chi connectivity index (χ1) is 8.06. The summed E-state index contributed by atoms with van der Waals surface area (Å²) < 4.78 is 0. The molecular formula is C12H13ClN2O2. The summed E-state index contributed by atoms with van der Waals surface area (Å²) in [7, 11) is 0. The Morgan fingerprint density at radius 3 is 3.00 bits per heavy atom. The van der Waals surface area contributed by atoms with Gasteiger partial charge in [0.2, 0.25) is 5.91 Å². The number of anilines is 1. The van der Waals surface area contributed by atoms with Gasteiger partial charge in [-0.3, -0.25) is 4.79 Å². The second-order valence-electron chi connectivity index (χ2n) is 3.97. The number of hydrogen-bond acceptors (Lipinski definition) is 3. The van der Waals surface area contributed by atoms with Crippen LogP contribution in [0, 0.1) is 0 Å². The number of carbonyl (C=O) groups excluding carboxylic acids is 1. The molecule has 0 radical (unpaired) electrons. The van der Waals surface area contributed by atoms with Gasteiger partial charge in [-0.15, -0.1) is 0 Å². The number of halogens is 1. The van der Waals surface area contributed by atoms with Gasteiger partial charge in [0.25, 0.3) is 0 Å². The molecule has 1 amide bonds. The lowest BCUT2D eigenvalue weighted by atomic mass is 10.0. The Labute approximate surface area is 104 Å². The van der Waals surface area contributed by atoms with E-state index < -0.39 is 0 Å². The lowest BCUT2D eigenvalue weighted by Crippen LogP contribution is -2.39. The highest BCUT2D eigenvalue weighted by atomic mass is 35.5. The molecular weight excluding hydrogens is 240 g/mol. The summed E-state index contributed by atoms with van der Waals surface area (Å²) in [6.07, 6.45) is 1.09. The summed E-state index contributed by atoms with van der Waals surface area (Å²) in [6, 6.07) is 4.69. The van der Waals surface area contributed by atoms with Crippen LogP contribution in [0.15, 0.2) is 30.5 Å². The van der Waals surface area contributed by atoms with Crippen molar-refractivity contribution in [2.24, 2.45) is 0 Å². The van der Waals surface area contributed by atoms with Crippen molar-refractivity contribution in [2.75, 3.05) is 5.32 Å². The van der Waals surface area contributed by atoms with Crippen molar-refractivity contribution in [2.45, 2.75) is 18.9 Å². The minimum Gasteiger partial charge on any atom is -0.506 e. The molecule has 0 aromatic heterocycles. The molecule has 1 aliphatic rings. The van der Waals surface area contributed by atoms with Gasteiger partial charge in [0.05, 0.1) is 11.7 Å². The third kappa shape index (κ3) is 2.71. The first-order valence-electron chi connectivity index (χ1n) is 5.30. The van der Waals surface area contributed by atoms with Crippen LogP contribution in [0.2, 0.25) is 5.02 Å². The van der Waals surface area contributed by atoms with Gasteiger partial charge in [0.1, 0.15) is 5.75 Å². The average Bonchev–Trinajstić information content (AvgIpc) is 2.27. The molecule has 5 heteroatoms. The van der Waals surface area contributed by atoms with E-state index in [9.17, 15) is 9.90 Å². The van der Waals surface area contributed by atoms with Crippen molar-refractivity contribution < 1.29 is 9.90 Å². The van der Waals surface area contributed by atoms with Crippen molar-refractivity contribution in [3.63, 3.8) is 0 Å². The van der Waals surface area contributed by atoms with Gasteiger partial charge in [-0.2, -0.15) is 0 Å². The van der Waals surface area contributed by atoms with E-state index in [1.54, 1.807) is 12.1 Å². The van der Waals surface area contributed by atoms with E-state index in [0.717, 1.165) is 0 Å². The van der Waals surface area contributed by atoms with E-state index in [4.69, 9.17) is 11.6 Å². The van der Waals surface area contributed by atoms with Gasteiger partial charge >= 0.3 is 0 Å². The van der Waals surface area contributed by atoms with E-state index in [2.05, 4.69) is 17.2 Å². The molecule has 17 heavy (non-hydrogen) atoms. The molecule has 1 aromatic rings. The molecule has 90 valence electrons. The Kier molecular flexibility index (Phi) is 3.24. The predicted molar refractivity (Wildman–Crippen MR) is 67.0 cm³/mol. The maximum atomic E-state index is 11.1. The molecule has 3 N–H and O–H groups in total. The number of amides is 1. The lowest BCUT2D eigenvalue weighted by Gasteiger charge is -2.27. The third-order valence-corrected chi connectivity index (χ3v) is 2.90. The molecule has 1 heterocycles. The highest BCUT2D eigenvalue weighted by Crippen LogP contribution is 2.29. The zero-order valence-corrected chi connectivity index (χ0v) is 9.92. The van der Waals surface area contributed by atoms with Crippen LogP contribution in [0.25, 0.3) is 0 Å². The zero-order chi connectivity index (χ0) is 12.4. The number of carbonyl (C=O) groups is 1. The van der Waals surface area contributed by atoms with Crippen LogP contribution in [-0.4, -0.2) is 17.1 Å². The second kappa shape index (κ2) is 4.67. The van der Waals surface area contributed by atoms with E-state index in [1.807, 2.05) is 0 Å². The molecule has 1 atom stereocenters. The SMILES string of the molecule is C=C1NC(=O)CCC1Nc1cc(Cl)ccc1O. The topological polar surface area (TPSA) is 61.4 Å². The van der Waals surface area contributed by atoms with Crippen LogP contribution in [0.5, 0.6) is 5.75 Å². The number of nitrogens with one attached hydrogen (secondary N) is 2. The normalized spacial score (nSPS) is 19.9. The van der Waals surface area contributed by atoms with Crippen molar-refractivity contribution in [1.29, 1.82) is 0 Å². The predicted octanol–water partition coefficient (Wildman–Crippen LogP) is 2.25. The van der Waals surface area contributed by atoms with Gasteiger partial charge in [0, 0.05) is 17.1 Å². The van der Waals surface area contributed by atoms with Gasteiger partial charge in [-0.25, -0.2) is 0 Å². The van der Waals surface area contributed by atoms with E-state index >= 15 is 0 Å². The summed E-state index contributed by atoms with van der Waals surface area (Å²) in [6.45, 7) is 3.79. The fourth-order valence-corrected chi connectivity index (χ4v) is 1.92. The number of phenolic OH excluding ortho intramolecular Hbond substituents is 1. The molecule has 1 saturated heterocycles. The molecule has 0 aliphatic carbocycles. The molecule has 0 saturated carbocycles. The molecule has 0 spiro atoms. The smallest absolute Gasteiger partial charge is 0.224 e. The average molecular weight is 253 g/mol. The summed E-state index contributed by atoms with van der Waals surface area (Å²) in [5.74, 6) is 0.0995. The maximum Gasteiger partial charge on any atom is 0.224 e. The number of hydrogen-bond donors (Lipinski definition) is 3. The molecule has 1 aromatic carbocycles. The Balaban J connectivity index is 2.13. The number of phenols is 1. The summed E-state index contributed by atoms with van der Waals surface area (Å²) in [5.41, 5.74) is 1.15. The van der Waals surface area contributed by atoms with Crippen LogP contribution in [0.1, 0.15) is 12.8 Å². The first kappa shape index (κ1) is 11.8. The maximum absolute atomic E-state index is 11.1. The summed E-state index contributed by atoms with van der Waals surface area (Å²) >= 11 is 5.85. The molecule has 0 bridgehead atoms. The van der Waals surface area contributed by atoms with Gasteiger partial charge in [-0.1, -0.05) is 18.2 Å². The van der Waals surface area contributed by atoms with Gasteiger partial charge in [-0.05, 0) is 24.6 Å². The Hall–Kier alpha value is -1.68. The van der Waals surface area contributed by atoms with Crippen molar-refractivity contribution in [3.8, 4) is 5.75 Å². The number of aromatic hydroxyl groups is 1. The fourth-order valence-electron chi connectivity index (χ4n) is 1.75. The monoisotopic (exact) mass is 252 g/mol. The Morgan fingerprint density at radius 1 is 1.53 bits per heavy atom. The minimum atomic E-state index is -0.0860. The van der Waals surface area contributed by atoms with Crippen molar-refractivity contribution in [1.82, 2.24) is 5.32 Å². The fraction of sp³-hybridized carbons (Fsp3) is 0.250. The van der Waals surface area contributed by atoms with Crippen molar-refractivity contribution in [3.05, 3.63) is 35.5 Å². The third-order valence-electron chi connectivity index (χ3n) is 2.67. The first-order valence-corrected chi connectivity index (χ1v) is 5.68. The van der Waals surface area contributed by atoms with E-state index in [1.165, 1.54) is 6.07 Å². The molecule has 2 rings (SSSR count). The highest BCUT2D eigenvalue weighted by molar-refractivity contribution is 6.30. The van der Waals surface area contributed by atoms with E-state index in [-0.39, 0.29) is 17.7 Å². The quantitative estimate of drug-likeness (QED) is 0.708. The highest BCUT2D eigenvalue weighted by Gasteiger charge is 2.22. The molecule has 1 fully saturated rings. The summed E-state index contributed by atoms with van der Waals surface area (Å²) in [4.78, 5) is 11.1. The molecule has 1 unspecified atom stereocenters. The second-order valence-corrected chi connectivity index (χ2v) is 4.41. The van der Waals surface area contributed by atoms with Crippen LogP contribution in [0.3, 0.4) is 0 Å². The van der Waals surface area contributed by atoms with Crippen LogP contribution < -0.4 is 10.6 Å². The van der Waals surface area contributed by atoms with Crippen LogP contribution in [-0.2, 0) is 4.79 Å². The standard InChI is InChI=1S/C12H13ClN2O2/c1-7-9(3-5-12(17)14-7)15-10-6-8(13)2-4-11(10)16/h2,4,6,9,15-16H,1,3,5H2,(H,14,17). The zero-order valence-electron chi connectivity index (χ0n) is 9.16.